The van der Waals surface area contributed by atoms with Gasteiger partial charge >= 0.3 is 0 Å². The quantitative estimate of drug-likeness (QED) is 0.132. The van der Waals surface area contributed by atoms with E-state index in [1.54, 1.807) is 0 Å². The van der Waals surface area contributed by atoms with Crippen molar-refractivity contribution in [2.24, 2.45) is 0 Å². The Morgan fingerprint density at radius 2 is 0.681 bits per heavy atom. The van der Waals surface area contributed by atoms with Gasteiger partial charge in [-0.3, -0.25) is 0 Å². The van der Waals surface area contributed by atoms with E-state index in [2.05, 4.69) is 302 Å². The Kier molecular flexibility index (Phi) is 10.8. The molecule has 1 heteroatoms. The zero-order chi connectivity index (χ0) is 47.8. The molecule has 1 nitrogen and oxygen atoms in total. The van der Waals surface area contributed by atoms with Crippen molar-refractivity contribution in [1.82, 2.24) is 0 Å². The molecule has 0 saturated heterocycles. The summed E-state index contributed by atoms with van der Waals surface area (Å²) in [6.07, 6.45) is 0. The molecule has 72 heavy (non-hydrogen) atoms. The Balaban J connectivity index is 1.01. The molecule has 12 aromatic rings. The number of nitrogens with zero attached hydrogens (tertiary/aromatic N) is 1. The fraction of sp³-hybridized carbons (Fsp3) is 0.0141. The molecular formula is C71H49N. The van der Waals surface area contributed by atoms with Crippen LogP contribution in [0, 0.1) is 0 Å². The number of benzene rings is 12. The first-order chi connectivity index (χ1) is 35.7. The molecule has 12 aromatic carbocycles. The van der Waals surface area contributed by atoms with E-state index in [-0.39, 0.29) is 0 Å². The minimum atomic E-state index is -0.480. The van der Waals surface area contributed by atoms with Crippen LogP contribution in [0.2, 0.25) is 0 Å². The normalized spacial score (nSPS) is 12.3. The lowest BCUT2D eigenvalue weighted by Crippen LogP contribution is -2.28. The second-order valence-electron chi connectivity index (χ2n) is 18.7. The van der Waals surface area contributed by atoms with Gasteiger partial charge in [-0.2, -0.15) is 0 Å². The number of hydrogen-bond acceptors (Lipinski definition) is 1. The van der Waals surface area contributed by atoms with Crippen LogP contribution in [0.3, 0.4) is 0 Å². The van der Waals surface area contributed by atoms with Gasteiger partial charge in [0.2, 0.25) is 0 Å². The summed E-state index contributed by atoms with van der Waals surface area (Å²) in [5, 5.41) is 2.44. The standard InChI is InChI=1S/C71H49N/c1-6-22-50(23-7-1)55-43-47-69(65(48-55)53-26-10-3-11-27-53)72(68-39-19-17-35-63(68)64-37-21-29-54-28-20-36-60(70(54)64)52-24-8-2-9-25-52)59-44-40-51(41-45-59)56-42-46-62-61-34-16-18-38-66(61)71(67(62)49-56,57-30-12-4-13-31-57)58-32-14-5-15-33-58/h1-49H. The molecule has 0 saturated carbocycles. The van der Waals surface area contributed by atoms with E-state index in [1.807, 2.05) is 0 Å². The molecule has 0 aromatic heterocycles. The van der Waals surface area contributed by atoms with Gasteiger partial charge in [0.1, 0.15) is 0 Å². The second kappa shape index (κ2) is 18.2. The van der Waals surface area contributed by atoms with Crippen LogP contribution in [0.15, 0.2) is 297 Å². The minimum absolute atomic E-state index is 0.480. The van der Waals surface area contributed by atoms with E-state index < -0.39 is 5.41 Å². The van der Waals surface area contributed by atoms with Gasteiger partial charge in [-0.25, -0.2) is 0 Å². The highest BCUT2D eigenvalue weighted by molar-refractivity contribution is 6.09. The summed E-state index contributed by atoms with van der Waals surface area (Å²) in [5.74, 6) is 0. The lowest BCUT2D eigenvalue weighted by Gasteiger charge is -2.34. The highest BCUT2D eigenvalue weighted by Gasteiger charge is 2.46. The van der Waals surface area contributed by atoms with Crippen LogP contribution in [0.4, 0.5) is 17.1 Å². The highest BCUT2D eigenvalue weighted by atomic mass is 15.1. The third-order valence-corrected chi connectivity index (χ3v) is 14.8. The second-order valence-corrected chi connectivity index (χ2v) is 18.7. The van der Waals surface area contributed by atoms with Crippen molar-refractivity contribution in [1.29, 1.82) is 0 Å². The maximum absolute atomic E-state index is 2.48. The third kappa shape index (κ3) is 7.25. The van der Waals surface area contributed by atoms with Crippen LogP contribution in [0.1, 0.15) is 22.3 Å². The summed E-state index contributed by atoms with van der Waals surface area (Å²) in [4.78, 5) is 2.48. The van der Waals surface area contributed by atoms with E-state index in [1.165, 1.54) is 77.5 Å². The summed E-state index contributed by atoms with van der Waals surface area (Å²) >= 11 is 0. The van der Waals surface area contributed by atoms with Crippen LogP contribution in [0.5, 0.6) is 0 Å². The maximum Gasteiger partial charge on any atom is 0.0713 e. The molecule has 338 valence electrons. The molecule has 0 amide bonds. The fourth-order valence-electron chi connectivity index (χ4n) is 11.5. The van der Waals surface area contributed by atoms with Crippen molar-refractivity contribution < 1.29 is 0 Å². The summed E-state index contributed by atoms with van der Waals surface area (Å²) in [6, 6.07) is 109. The van der Waals surface area contributed by atoms with Gasteiger partial charge in [0.15, 0.2) is 0 Å². The highest BCUT2D eigenvalue weighted by Crippen LogP contribution is 2.57. The minimum Gasteiger partial charge on any atom is -0.309 e. The van der Waals surface area contributed by atoms with E-state index in [0.717, 1.165) is 39.3 Å². The summed E-state index contributed by atoms with van der Waals surface area (Å²) in [7, 11) is 0. The van der Waals surface area contributed by atoms with Crippen LogP contribution in [0.25, 0.3) is 77.5 Å². The predicted molar refractivity (Wildman–Crippen MR) is 303 cm³/mol. The molecule has 0 atom stereocenters. The fourth-order valence-corrected chi connectivity index (χ4v) is 11.5. The molecule has 0 unspecified atom stereocenters. The Morgan fingerprint density at radius 3 is 1.33 bits per heavy atom. The number of anilines is 3. The lowest BCUT2D eigenvalue weighted by molar-refractivity contribution is 0.769. The average molecular weight is 916 g/mol. The van der Waals surface area contributed by atoms with Gasteiger partial charge in [-0.1, -0.05) is 261 Å². The third-order valence-electron chi connectivity index (χ3n) is 14.8. The first kappa shape index (κ1) is 42.8. The van der Waals surface area contributed by atoms with Gasteiger partial charge in [0, 0.05) is 16.8 Å². The zero-order valence-corrected chi connectivity index (χ0v) is 39.7. The van der Waals surface area contributed by atoms with E-state index in [9.17, 15) is 0 Å². The predicted octanol–water partition coefficient (Wildman–Crippen LogP) is 19.0. The number of para-hydroxylation sites is 1. The number of rotatable bonds is 10. The number of hydrogen-bond donors (Lipinski definition) is 0. The van der Waals surface area contributed by atoms with Crippen molar-refractivity contribution in [3.63, 3.8) is 0 Å². The Hall–Kier alpha value is -9.30. The average Bonchev–Trinajstić information content (AvgIpc) is 3.77. The van der Waals surface area contributed by atoms with Crippen molar-refractivity contribution >= 4 is 27.8 Å². The van der Waals surface area contributed by atoms with Crippen LogP contribution in [-0.4, -0.2) is 0 Å². The first-order valence-corrected chi connectivity index (χ1v) is 24.9. The van der Waals surface area contributed by atoms with Crippen molar-refractivity contribution in [2.45, 2.75) is 5.41 Å². The topological polar surface area (TPSA) is 3.24 Å². The summed E-state index contributed by atoms with van der Waals surface area (Å²) < 4.78 is 0. The van der Waals surface area contributed by atoms with Crippen LogP contribution < -0.4 is 4.90 Å². The molecule has 0 aliphatic heterocycles. The monoisotopic (exact) mass is 915 g/mol. The maximum atomic E-state index is 2.48. The van der Waals surface area contributed by atoms with Gasteiger partial charge in [0.05, 0.1) is 16.8 Å². The smallest absolute Gasteiger partial charge is 0.0713 e. The Morgan fingerprint density at radius 1 is 0.236 bits per heavy atom. The largest absolute Gasteiger partial charge is 0.309 e. The number of fused-ring (bicyclic) bond motifs is 4. The Labute approximate surface area is 422 Å². The van der Waals surface area contributed by atoms with Crippen molar-refractivity contribution in [3.8, 4) is 66.8 Å². The van der Waals surface area contributed by atoms with Gasteiger partial charge in [-0.05, 0) is 125 Å². The van der Waals surface area contributed by atoms with Gasteiger partial charge < -0.3 is 4.90 Å². The van der Waals surface area contributed by atoms with E-state index in [4.69, 9.17) is 0 Å². The molecule has 13 rings (SSSR count). The molecule has 0 radical (unpaired) electrons. The molecule has 0 bridgehead atoms. The van der Waals surface area contributed by atoms with Crippen molar-refractivity contribution in [2.75, 3.05) is 4.90 Å². The molecule has 0 N–H and O–H groups in total. The van der Waals surface area contributed by atoms with E-state index in [0.29, 0.717) is 0 Å². The van der Waals surface area contributed by atoms with Crippen LogP contribution in [-0.2, 0) is 5.41 Å². The molecule has 1 aliphatic rings. The molecule has 0 spiro atoms. The first-order valence-electron chi connectivity index (χ1n) is 24.9. The lowest BCUT2D eigenvalue weighted by atomic mass is 9.67. The Bertz CT molecular complexity index is 3840. The molecular weight excluding hydrogens is 867 g/mol. The molecule has 0 heterocycles. The summed E-state index contributed by atoms with van der Waals surface area (Å²) in [5.41, 5.74) is 22.2. The zero-order valence-electron chi connectivity index (χ0n) is 39.7. The van der Waals surface area contributed by atoms with Crippen LogP contribution >= 0.6 is 0 Å². The molecule has 1 aliphatic carbocycles. The van der Waals surface area contributed by atoms with Gasteiger partial charge in [-0.15, -0.1) is 0 Å². The van der Waals surface area contributed by atoms with Crippen molar-refractivity contribution in [3.05, 3.63) is 320 Å². The molecule has 0 fully saturated rings. The van der Waals surface area contributed by atoms with Gasteiger partial charge in [0.25, 0.3) is 0 Å². The SMILES string of the molecule is c1ccc(-c2ccc(N(c3ccc(-c4ccc5c(c4)C(c4ccccc4)(c4ccccc4)c4ccccc4-5)cc3)c3ccccc3-c3cccc4cccc(-c5ccccc5)c34)c(-c3ccccc3)c2)cc1. The summed E-state index contributed by atoms with van der Waals surface area (Å²) in [6.45, 7) is 0. The van der Waals surface area contributed by atoms with E-state index >= 15 is 0 Å².